The van der Waals surface area contributed by atoms with Crippen molar-refractivity contribution in [1.29, 1.82) is 0 Å². The van der Waals surface area contributed by atoms with Crippen molar-refractivity contribution in [2.75, 3.05) is 26.2 Å². The molecule has 7 heteroatoms. The Hall–Kier alpha value is -1.99. The molecule has 1 aromatic carbocycles. The summed E-state index contributed by atoms with van der Waals surface area (Å²) in [6.45, 7) is 5.51. The van der Waals surface area contributed by atoms with Gasteiger partial charge in [-0.25, -0.2) is 4.39 Å². The smallest absolute Gasteiger partial charge is 0.263 e. The number of carbonyl (C=O) groups excluding carboxylic acids is 1. The van der Waals surface area contributed by atoms with Gasteiger partial charge < -0.3 is 9.64 Å². The standard InChI is InChI=1S/C19H21BrFN3O2/c1-14(26-18-5-4-16(21)11-17(18)20)19(25)24-9-7-23(8-10-24)13-15-3-2-6-22-12-15/h2-6,11-12,14H,7-10,13H2,1H3. The summed E-state index contributed by atoms with van der Waals surface area (Å²) in [5.74, 6) is 0.0534. The maximum absolute atomic E-state index is 13.2. The van der Waals surface area contributed by atoms with E-state index >= 15 is 0 Å². The molecule has 5 nitrogen and oxygen atoms in total. The predicted octanol–water partition coefficient (Wildman–Crippen LogP) is 3.09. The lowest BCUT2D eigenvalue weighted by Crippen LogP contribution is -2.51. The third-order valence-electron chi connectivity index (χ3n) is 4.36. The molecule has 1 atom stereocenters. The first-order valence-corrected chi connectivity index (χ1v) is 9.34. The Kier molecular flexibility index (Phi) is 6.21. The fourth-order valence-corrected chi connectivity index (χ4v) is 3.39. The predicted molar refractivity (Wildman–Crippen MR) is 100 cm³/mol. The maximum Gasteiger partial charge on any atom is 0.263 e. The Labute approximate surface area is 160 Å². The Balaban J connectivity index is 1.51. The molecular weight excluding hydrogens is 401 g/mol. The highest BCUT2D eigenvalue weighted by molar-refractivity contribution is 9.10. The van der Waals surface area contributed by atoms with Gasteiger partial charge in [-0.15, -0.1) is 0 Å². The van der Waals surface area contributed by atoms with Crippen molar-refractivity contribution in [2.45, 2.75) is 19.6 Å². The average Bonchev–Trinajstić information content (AvgIpc) is 2.65. The first-order chi connectivity index (χ1) is 12.5. The van der Waals surface area contributed by atoms with Crippen molar-refractivity contribution in [1.82, 2.24) is 14.8 Å². The second kappa shape index (κ2) is 8.60. The van der Waals surface area contributed by atoms with E-state index in [2.05, 4.69) is 31.9 Å². The molecule has 0 radical (unpaired) electrons. The van der Waals surface area contributed by atoms with Crippen LogP contribution in [0.25, 0.3) is 0 Å². The van der Waals surface area contributed by atoms with E-state index in [1.807, 2.05) is 17.2 Å². The van der Waals surface area contributed by atoms with Crippen LogP contribution >= 0.6 is 15.9 Å². The lowest BCUT2D eigenvalue weighted by atomic mass is 10.2. The van der Waals surface area contributed by atoms with E-state index in [0.29, 0.717) is 23.3 Å². The minimum Gasteiger partial charge on any atom is -0.480 e. The SMILES string of the molecule is CC(Oc1ccc(F)cc1Br)C(=O)N1CCN(Cc2cccnc2)CC1. The molecule has 2 heterocycles. The summed E-state index contributed by atoms with van der Waals surface area (Å²) in [6.07, 6.45) is 3.01. The zero-order valence-electron chi connectivity index (χ0n) is 14.6. The van der Waals surface area contributed by atoms with E-state index in [4.69, 9.17) is 4.74 Å². The van der Waals surface area contributed by atoms with Crippen molar-refractivity contribution < 1.29 is 13.9 Å². The number of hydrogen-bond donors (Lipinski definition) is 0. The quantitative estimate of drug-likeness (QED) is 0.743. The van der Waals surface area contributed by atoms with Gasteiger partial charge in [0.25, 0.3) is 5.91 Å². The average molecular weight is 422 g/mol. The zero-order valence-corrected chi connectivity index (χ0v) is 16.2. The third kappa shape index (κ3) is 4.80. The second-order valence-corrected chi connectivity index (χ2v) is 7.15. The van der Waals surface area contributed by atoms with E-state index in [1.165, 1.54) is 23.8 Å². The summed E-state index contributed by atoms with van der Waals surface area (Å²) in [4.78, 5) is 20.9. The molecule has 3 rings (SSSR count). The van der Waals surface area contributed by atoms with E-state index in [9.17, 15) is 9.18 Å². The summed E-state index contributed by atoms with van der Waals surface area (Å²) in [5.41, 5.74) is 1.17. The highest BCUT2D eigenvalue weighted by Gasteiger charge is 2.26. The number of piperazine rings is 1. The van der Waals surface area contributed by atoms with Crippen molar-refractivity contribution >= 4 is 21.8 Å². The van der Waals surface area contributed by atoms with E-state index in [1.54, 1.807) is 13.1 Å². The molecule has 0 bridgehead atoms. The first kappa shape index (κ1) is 18.8. The monoisotopic (exact) mass is 421 g/mol. The first-order valence-electron chi connectivity index (χ1n) is 8.54. The lowest BCUT2D eigenvalue weighted by Gasteiger charge is -2.35. The number of benzene rings is 1. The topological polar surface area (TPSA) is 45.7 Å². The molecule has 1 aliphatic heterocycles. The number of pyridine rings is 1. The van der Waals surface area contributed by atoms with Gasteiger partial charge in [-0.2, -0.15) is 0 Å². The van der Waals surface area contributed by atoms with Crippen LogP contribution in [-0.2, 0) is 11.3 Å². The van der Waals surface area contributed by atoms with E-state index in [-0.39, 0.29) is 11.7 Å². The Morgan fingerprint density at radius 3 is 2.73 bits per heavy atom. The number of hydrogen-bond acceptors (Lipinski definition) is 4. The minimum atomic E-state index is -0.623. The van der Waals surface area contributed by atoms with Crippen LogP contribution in [0.5, 0.6) is 5.75 Å². The molecule has 26 heavy (non-hydrogen) atoms. The molecule has 0 N–H and O–H groups in total. The lowest BCUT2D eigenvalue weighted by molar-refractivity contribution is -0.139. The summed E-state index contributed by atoms with van der Waals surface area (Å²) >= 11 is 3.26. The Morgan fingerprint density at radius 1 is 1.31 bits per heavy atom. The Bertz CT molecular complexity index is 752. The van der Waals surface area contributed by atoms with Crippen LogP contribution in [-0.4, -0.2) is 53.0 Å². The molecule has 2 aromatic rings. The van der Waals surface area contributed by atoms with Gasteiger partial charge in [0.2, 0.25) is 0 Å². The van der Waals surface area contributed by atoms with Gasteiger partial charge in [-0.3, -0.25) is 14.7 Å². The highest BCUT2D eigenvalue weighted by atomic mass is 79.9. The highest BCUT2D eigenvalue weighted by Crippen LogP contribution is 2.26. The van der Waals surface area contributed by atoms with Crippen LogP contribution in [0.3, 0.4) is 0 Å². The van der Waals surface area contributed by atoms with Crippen molar-refractivity contribution in [2.24, 2.45) is 0 Å². The van der Waals surface area contributed by atoms with Crippen LogP contribution in [0.1, 0.15) is 12.5 Å². The molecule has 1 aliphatic rings. The largest absolute Gasteiger partial charge is 0.480 e. The molecule has 1 unspecified atom stereocenters. The van der Waals surface area contributed by atoms with Crippen LogP contribution in [0.15, 0.2) is 47.2 Å². The van der Waals surface area contributed by atoms with Gasteiger partial charge in [0.15, 0.2) is 6.10 Å². The molecule has 0 aliphatic carbocycles. The third-order valence-corrected chi connectivity index (χ3v) is 4.98. The van der Waals surface area contributed by atoms with Crippen LogP contribution in [0.4, 0.5) is 4.39 Å². The molecule has 138 valence electrons. The number of halogens is 2. The summed E-state index contributed by atoms with van der Waals surface area (Å²) in [6, 6.07) is 8.15. The van der Waals surface area contributed by atoms with E-state index < -0.39 is 6.10 Å². The van der Waals surface area contributed by atoms with Crippen LogP contribution in [0, 0.1) is 5.82 Å². The van der Waals surface area contributed by atoms with Gasteiger partial charge >= 0.3 is 0 Å². The zero-order chi connectivity index (χ0) is 18.5. The number of aromatic nitrogens is 1. The molecule has 1 amide bonds. The van der Waals surface area contributed by atoms with Crippen molar-refractivity contribution in [3.8, 4) is 5.75 Å². The molecular formula is C19H21BrFN3O2. The maximum atomic E-state index is 13.2. The molecule has 1 fully saturated rings. The summed E-state index contributed by atoms with van der Waals surface area (Å²) < 4.78 is 19.4. The van der Waals surface area contributed by atoms with Crippen LogP contribution in [0.2, 0.25) is 0 Å². The molecule has 0 saturated carbocycles. The summed E-state index contributed by atoms with van der Waals surface area (Å²) in [7, 11) is 0. The van der Waals surface area contributed by atoms with Gasteiger partial charge in [-0.1, -0.05) is 6.07 Å². The van der Waals surface area contributed by atoms with Crippen molar-refractivity contribution in [3.63, 3.8) is 0 Å². The normalized spacial score (nSPS) is 16.3. The van der Waals surface area contributed by atoms with Crippen LogP contribution < -0.4 is 4.74 Å². The van der Waals surface area contributed by atoms with Gasteiger partial charge in [-0.05, 0) is 52.7 Å². The van der Waals surface area contributed by atoms with Crippen molar-refractivity contribution in [3.05, 3.63) is 58.6 Å². The molecule has 0 spiro atoms. The number of rotatable bonds is 5. The van der Waals surface area contributed by atoms with Gasteiger partial charge in [0.05, 0.1) is 4.47 Å². The number of carbonyl (C=O) groups is 1. The summed E-state index contributed by atoms with van der Waals surface area (Å²) in [5, 5.41) is 0. The molecule has 1 aromatic heterocycles. The minimum absolute atomic E-state index is 0.0535. The fraction of sp³-hybridized carbons (Fsp3) is 0.368. The van der Waals surface area contributed by atoms with Gasteiger partial charge in [0, 0.05) is 45.1 Å². The fourth-order valence-electron chi connectivity index (χ4n) is 2.94. The number of nitrogens with zero attached hydrogens (tertiary/aromatic N) is 3. The van der Waals surface area contributed by atoms with E-state index in [0.717, 1.165) is 19.6 Å². The Morgan fingerprint density at radius 2 is 2.08 bits per heavy atom. The number of ether oxygens (including phenoxy) is 1. The second-order valence-electron chi connectivity index (χ2n) is 6.30. The van der Waals surface area contributed by atoms with Gasteiger partial charge in [0.1, 0.15) is 11.6 Å². The molecule has 1 saturated heterocycles. The number of amides is 1.